The lowest BCUT2D eigenvalue weighted by Crippen LogP contribution is -2.13. The quantitative estimate of drug-likeness (QED) is 0.633. The first-order chi connectivity index (χ1) is 13.8. The van der Waals surface area contributed by atoms with Gasteiger partial charge in [0, 0.05) is 28.9 Å². The number of amides is 1. The normalized spacial score (nSPS) is 13.2. The predicted octanol–water partition coefficient (Wildman–Crippen LogP) is 4.92. The van der Waals surface area contributed by atoms with Gasteiger partial charge in [0.15, 0.2) is 0 Å². The van der Waals surface area contributed by atoms with Crippen molar-refractivity contribution >= 4 is 29.1 Å². The molecule has 148 valence electrons. The molecule has 3 aromatic rings. The van der Waals surface area contributed by atoms with E-state index in [1.165, 1.54) is 6.07 Å². The van der Waals surface area contributed by atoms with Gasteiger partial charge in [-0.3, -0.25) is 4.79 Å². The van der Waals surface area contributed by atoms with Crippen molar-refractivity contribution in [1.29, 1.82) is 0 Å². The van der Waals surface area contributed by atoms with Crippen LogP contribution in [0.5, 0.6) is 0 Å². The highest BCUT2D eigenvalue weighted by atomic mass is 35.5. The van der Waals surface area contributed by atoms with E-state index < -0.39 is 11.7 Å². The molecule has 29 heavy (non-hydrogen) atoms. The summed E-state index contributed by atoms with van der Waals surface area (Å²) in [5.41, 5.74) is 2.19. The first kappa shape index (κ1) is 19.2. The van der Waals surface area contributed by atoms with Gasteiger partial charge in [-0.15, -0.1) is 0 Å². The molecule has 9 heteroatoms. The third-order valence-electron chi connectivity index (χ3n) is 4.43. The van der Waals surface area contributed by atoms with Crippen molar-refractivity contribution in [2.45, 2.75) is 19.1 Å². The van der Waals surface area contributed by atoms with Gasteiger partial charge in [-0.25, -0.2) is 9.97 Å². The lowest BCUT2D eigenvalue weighted by atomic mass is 10.1. The Bertz CT molecular complexity index is 1100. The van der Waals surface area contributed by atoms with Gasteiger partial charge in [0.1, 0.15) is 0 Å². The highest BCUT2D eigenvalue weighted by Gasteiger charge is 2.30. The van der Waals surface area contributed by atoms with Gasteiger partial charge >= 0.3 is 6.18 Å². The van der Waals surface area contributed by atoms with E-state index in [1.54, 1.807) is 30.5 Å². The minimum Gasteiger partial charge on any atom is -0.350 e. The molecule has 0 saturated heterocycles. The minimum atomic E-state index is -4.40. The molecule has 0 bridgehead atoms. The second-order valence-electron chi connectivity index (χ2n) is 6.53. The summed E-state index contributed by atoms with van der Waals surface area (Å²) >= 11 is 6.02. The summed E-state index contributed by atoms with van der Waals surface area (Å²) in [6.07, 6.45) is -2.75. The molecule has 5 nitrogen and oxygen atoms in total. The van der Waals surface area contributed by atoms with Crippen LogP contribution in [0.1, 0.15) is 16.7 Å². The zero-order valence-corrected chi connectivity index (χ0v) is 15.6. The zero-order valence-electron chi connectivity index (χ0n) is 14.8. The van der Waals surface area contributed by atoms with Gasteiger partial charge in [0.05, 0.1) is 23.4 Å². The van der Waals surface area contributed by atoms with Gasteiger partial charge in [0.25, 0.3) is 0 Å². The van der Waals surface area contributed by atoms with Crippen LogP contribution in [0.3, 0.4) is 0 Å². The third-order valence-corrected chi connectivity index (χ3v) is 4.67. The van der Waals surface area contributed by atoms with Crippen LogP contribution >= 0.6 is 11.6 Å². The maximum atomic E-state index is 12.9. The Labute approximate surface area is 168 Å². The van der Waals surface area contributed by atoms with E-state index in [0.29, 0.717) is 33.1 Å². The smallest absolute Gasteiger partial charge is 0.350 e. The zero-order chi connectivity index (χ0) is 20.6. The molecule has 1 aliphatic rings. The summed E-state index contributed by atoms with van der Waals surface area (Å²) in [7, 11) is 0. The Morgan fingerprint density at radius 1 is 1.17 bits per heavy atom. The molecule has 1 aliphatic heterocycles. The van der Waals surface area contributed by atoms with Crippen LogP contribution in [0, 0.1) is 0 Å². The predicted molar refractivity (Wildman–Crippen MR) is 104 cm³/mol. The Kier molecular flexibility index (Phi) is 4.87. The van der Waals surface area contributed by atoms with Crippen LogP contribution in [0.25, 0.3) is 11.3 Å². The molecule has 0 unspecified atom stereocenters. The molecule has 2 heterocycles. The molecule has 0 aliphatic carbocycles. The summed E-state index contributed by atoms with van der Waals surface area (Å²) in [6.45, 7) is 0.118. The van der Waals surface area contributed by atoms with Crippen LogP contribution < -0.4 is 10.6 Å². The van der Waals surface area contributed by atoms with Crippen LogP contribution in [0.4, 0.5) is 24.8 Å². The van der Waals surface area contributed by atoms with E-state index in [9.17, 15) is 18.0 Å². The number of alkyl halides is 3. The fourth-order valence-electron chi connectivity index (χ4n) is 3.09. The van der Waals surface area contributed by atoms with E-state index in [1.807, 2.05) is 0 Å². The molecular weight excluding hydrogens is 405 g/mol. The molecule has 1 amide bonds. The average Bonchev–Trinajstić information content (AvgIpc) is 2.80. The topological polar surface area (TPSA) is 66.9 Å². The number of halogens is 4. The standard InChI is InChI=1S/C20H14ClF3N4O/c21-14-4-5-15-16(8-14)27-17(29)7-12-10-26-19(28-18(12)15)25-9-11-2-1-3-13(6-11)20(22,23)24/h1-6,8,10H,7,9H2,(H,27,29)(H,25,26,28). The van der Waals surface area contributed by atoms with Crippen molar-refractivity contribution in [1.82, 2.24) is 9.97 Å². The molecule has 0 saturated carbocycles. The highest BCUT2D eigenvalue weighted by molar-refractivity contribution is 6.31. The second kappa shape index (κ2) is 7.36. The number of nitrogens with zero attached hydrogens (tertiary/aromatic N) is 2. The van der Waals surface area contributed by atoms with Crippen molar-refractivity contribution in [3.05, 3.63) is 70.4 Å². The van der Waals surface area contributed by atoms with E-state index >= 15 is 0 Å². The van der Waals surface area contributed by atoms with E-state index in [2.05, 4.69) is 20.6 Å². The number of anilines is 2. The van der Waals surface area contributed by atoms with Crippen molar-refractivity contribution in [2.24, 2.45) is 0 Å². The largest absolute Gasteiger partial charge is 0.416 e. The molecule has 4 rings (SSSR count). The second-order valence-corrected chi connectivity index (χ2v) is 6.97. The summed E-state index contributed by atoms with van der Waals surface area (Å²) in [5.74, 6) is 0.0388. The number of hydrogen-bond acceptors (Lipinski definition) is 4. The molecule has 0 radical (unpaired) electrons. The number of carbonyl (C=O) groups is 1. The Balaban J connectivity index is 1.62. The Morgan fingerprint density at radius 2 is 2.00 bits per heavy atom. The summed E-state index contributed by atoms with van der Waals surface area (Å²) in [4.78, 5) is 20.8. The average molecular weight is 419 g/mol. The summed E-state index contributed by atoms with van der Waals surface area (Å²) in [6, 6.07) is 10.1. The van der Waals surface area contributed by atoms with Crippen molar-refractivity contribution in [3.63, 3.8) is 0 Å². The number of rotatable bonds is 3. The van der Waals surface area contributed by atoms with Gasteiger partial charge in [0.2, 0.25) is 11.9 Å². The van der Waals surface area contributed by atoms with E-state index in [-0.39, 0.29) is 24.8 Å². The molecule has 2 aromatic carbocycles. The van der Waals surface area contributed by atoms with Gasteiger partial charge in [-0.1, -0.05) is 23.7 Å². The summed E-state index contributed by atoms with van der Waals surface area (Å²) in [5, 5.41) is 6.21. The Morgan fingerprint density at radius 3 is 2.79 bits per heavy atom. The third kappa shape index (κ3) is 4.17. The summed E-state index contributed by atoms with van der Waals surface area (Å²) < 4.78 is 38.6. The maximum absolute atomic E-state index is 12.9. The van der Waals surface area contributed by atoms with Crippen LogP contribution in [0.15, 0.2) is 48.7 Å². The molecular formula is C20H14ClF3N4O. The lowest BCUT2D eigenvalue weighted by Gasteiger charge is -2.12. The molecule has 2 N–H and O–H groups in total. The number of nitrogens with one attached hydrogen (secondary N) is 2. The first-order valence-electron chi connectivity index (χ1n) is 8.65. The lowest BCUT2D eigenvalue weighted by molar-refractivity contribution is -0.137. The Hall–Kier alpha value is -3.13. The van der Waals surface area contributed by atoms with Crippen molar-refractivity contribution < 1.29 is 18.0 Å². The number of fused-ring (bicyclic) bond motifs is 3. The van der Waals surface area contributed by atoms with Crippen LogP contribution in [0.2, 0.25) is 5.02 Å². The minimum absolute atomic E-state index is 0.107. The van der Waals surface area contributed by atoms with Crippen molar-refractivity contribution in [2.75, 3.05) is 10.6 Å². The number of hydrogen-bond donors (Lipinski definition) is 2. The van der Waals surface area contributed by atoms with Crippen molar-refractivity contribution in [3.8, 4) is 11.3 Å². The van der Waals surface area contributed by atoms with E-state index in [0.717, 1.165) is 12.1 Å². The maximum Gasteiger partial charge on any atom is 0.416 e. The molecule has 1 aromatic heterocycles. The van der Waals surface area contributed by atoms with Crippen LogP contribution in [-0.4, -0.2) is 15.9 Å². The molecule has 0 spiro atoms. The molecule has 0 fully saturated rings. The fraction of sp³-hybridized carbons (Fsp3) is 0.150. The monoisotopic (exact) mass is 418 g/mol. The van der Waals surface area contributed by atoms with Crippen LogP contribution in [-0.2, 0) is 23.9 Å². The first-order valence-corrected chi connectivity index (χ1v) is 9.03. The van der Waals surface area contributed by atoms with Gasteiger partial charge < -0.3 is 10.6 Å². The number of benzene rings is 2. The SMILES string of the molecule is O=C1Cc2cnc(NCc3cccc(C(F)(F)F)c3)nc2-c2ccc(Cl)cc2N1. The van der Waals surface area contributed by atoms with Gasteiger partial charge in [-0.05, 0) is 35.9 Å². The number of aromatic nitrogens is 2. The highest BCUT2D eigenvalue weighted by Crippen LogP contribution is 2.34. The fourth-order valence-corrected chi connectivity index (χ4v) is 3.26. The van der Waals surface area contributed by atoms with Gasteiger partial charge in [-0.2, -0.15) is 13.2 Å². The molecule has 0 atom stereocenters. The van der Waals surface area contributed by atoms with E-state index in [4.69, 9.17) is 11.6 Å². The number of carbonyl (C=O) groups excluding carboxylic acids is 1.